The number of hydrogen-bond donors (Lipinski definition) is 1. The van der Waals surface area contributed by atoms with E-state index in [2.05, 4.69) is 9.97 Å². The van der Waals surface area contributed by atoms with E-state index in [0.717, 1.165) is 32.1 Å². The van der Waals surface area contributed by atoms with Crippen molar-refractivity contribution in [2.45, 2.75) is 62.2 Å². The van der Waals surface area contributed by atoms with Gasteiger partial charge in [0, 0.05) is 30.0 Å². The second kappa shape index (κ2) is 8.32. The lowest BCUT2D eigenvalue weighted by atomic mass is 9.94. The Hall–Kier alpha value is -1.71. The first-order valence-corrected chi connectivity index (χ1v) is 9.79. The van der Waals surface area contributed by atoms with Gasteiger partial charge in [0.05, 0.1) is 5.75 Å². The Morgan fingerprint density at radius 2 is 2.00 bits per heavy atom. The summed E-state index contributed by atoms with van der Waals surface area (Å²) in [6.45, 7) is 1.48. The molecule has 0 unspecified atom stereocenters. The first-order chi connectivity index (χ1) is 12.1. The van der Waals surface area contributed by atoms with Gasteiger partial charge in [0.15, 0.2) is 5.69 Å². The van der Waals surface area contributed by atoms with Crippen LogP contribution in [0.1, 0.15) is 50.5 Å². The molecule has 0 radical (unpaired) electrons. The van der Waals surface area contributed by atoms with Crippen LogP contribution in [0.2, 0.25) is 0 Å². The highest BCUT2D eigenvalue weighted by molar-refractivity contribution is 7.85. The number of alkyl halides is 3. The van der Waals surface area contributed by atoms with E-state index < -0.39 is 39.2 Å². The van der Waals surface area contributed by atoms with Crippen LogP contribution >= 0.6 is 0 Å². The minimum absolute atomic E-state index is 0.0992. The summed E-state index contributed by atoms with van der Waals surface area (Å²) in [6, 6.07) is 0.444. The maximum atomic E-state index is 12.7. The summed E-state index contributed by atoms with van der Waals surface area (Å²) in [7, 11) is -0.142. The smallest absolute Gasteiger partial charge is 0.342 e. The first kappa shape index (κ1) is 20.6. The number of hydrogen-bond acceptors (Lipinski definition) is 4. The van der Waals surface area contributed by atoms with Crippen LogP contribution in [0, 0.1) is 0 Å². The number of amides is 1. The third-order valence-corrected chi connectivity index (χ3v) is 6.12. The molecule has 0 bridgehead atoms. The summed E-state index contributed by atoms with van der Waals surface area (Å²) in [4.78, 5) is 31.0. The van der Waals surface area contributed by atoms with Crippen molar-refractivity contribution in [1.82, 2.24) is 14.9 Å². The van der Waals surface area contributed by atoms with Crippen molar-refractivity contribution >= 4 is 16.7 Å². The highest BCUT2D eigenvalue weighted by atomic mass is 32.2. The summed E-state index contributed by atoms with van der Waals surface area (Å²) in [5, 5.41) is -0.901. The van der Waals surface area contributed by atoms with Crippen molar-refractivity contribution in [3.8, 4) is 0 Å². The van der Waals surface area contributed by atoms with Gasteiger partial charge in [0.1, 0.15) is 11.1 Å². The molecule has 0 aromatic carbocycles. The number of carbonyl (C=O) groups excluding carboxylic acids is 1. The molecule has 1 fully saturated rings. The Bertz CT molecular complexity index is 729. The van der Waals surface area contributed by atoms with Crippen molar-refractivity contribution in [2.24, 2.45) is 0 Å². The second-order valence-corrected chi connectivity index (χ2v) is 8.24. The maximum Gasteiger partial charge on any atom is 0.433 e. The van der Waals surface area contributed by atoms with E-state index in [1.54, 1.807) is 11.9 Å². The third-order valence-electron chi connectivity index (χ3n) is 4.57. The summed E-state index contributed by atoms with van der Waals surface area (Å²) >= 11 is 0. The molecule has 1 aliphatic carbocycles. The predicted molar refractivity (Wildman–Crippen MR) is 90.8 cm³/mol. The molecule has 1 saturated carbocycles. The number of carbonyl (C=O) groups is 1. The topological polar surface area (TPSA) is 83.1 Å². The molecule has 2 rings (SSSR count). The van der Waals surface area contributed by atoms with Crippen molar-refractivity contribution in [3.63, 3.8) is 0 Å². The summed E-state index contributed by atoms with van der Waals surface area (Å²) in [5.74, 6) is -1.09. The van der Waals surface area contributed by atoms with E-state index in [9.17, 15) is 27.0 Å². The lowest BCUT2D eigenvalue weighted by Crippen LogP contribution is -2.44. The summed E-state index contributed by atoms with van der Waals surface area (Å²) in [6.07, 6.45) is 0.222. The van der Waals surface area contributed by atoms with Gasteiger partial charge in [0.2, 0.25) is 5.91 Å². The van der Waals surface area contributed by atoms with Crippen molar-refractivity contribution in [1.29, 1.82) is 0 Å². The maximum absolute atomic E-state index is 12.7. The number of aromatic nitrogens is 2. The highest BCUT2D eigenvalue weighted by Gasteiger charge is 2.34. The minimum Gasteiger partial charge on any atom is -0.342 e. The molecule has 0 saturated heterocycles. The average molecular weight is 393 g/mol. The number of halogens is 3. The molecule has 1 aromatic heterocycles. The van der Waals surface area contributed by atoms with Crippen LogP contribution in [0.3, 0.4) is 0 Å². The fourth-order valence-corrected chi connectivity index (χ4v) is 4.08. The Labute approximate surface area is 151 Å². The third kappa shape index (κ3) is 5.15. The monoisotopic (exact) mass is 393 g/mol. The lowest BCUT2D eigenvalue weighted by Gasteiger charge is -2.32. The standard InChI is InChI=1S/C16H22F3N3O3S/c1-10(15(24)22(2)11-6-4-3-5-7-11)26(25)9-13-20-12(16(17,18)19)8-14(23)21-13/h8,10-11H,3-7,9H2,1-2H3,(H,20,21,23)/t10-,26-/m1/s1. The predicted octanol–water partition coefficient (Wildman–Crippen LogP) is 2.22. The van der Waals surface area contributed by atoms with Crippen LogP contribution in [0.25, 0.3) is 0 Å². The highest BCUT2D eigenvalue weighted by Crippen LogP contribution is 2.26. The number of H-pyrrole nitrogens is 1. The molecule has 1 aliphatic rings. The molecule has 6 nitrogen and oxygen atoms in total. The average Bonchev–Trinajstić information content (AvgIpc) is 2.59. The molecule has 10 heteroatoms. The Kier molecular flexibility index (Phi) is 6.59. The molecule has 1 amide bonds. The zero-order valence-corrected chi connectivity index (χ0v) is 15.5. The van der Waals surface area contributed by atoms with Crippen molar-refractivity contribution in [3.05, 3.63) is 27.9 Å². The molecule has 0 spiro atoms. The second-order valence-electron chi connectivity index (χ2n) is 6.48. The molecule has 1 N–H and O–H groups in total. The van der Waals surface area contributed by atoms with Gasteiger partial charge in [-0.1, -0.05) is 19.3 Å². The van der Waals surface area contributed by atoms with E-state index in [1.807, 2.05) is 0 Å². The van der Waals surface area contributed by atoms with E-state index in [4.69, 9.17) is 0 Å². The molecule has 0 aliphatic heterocycles. The number of aromatic amines is 1. The Morgan fingerprint density at radius 1 is 1.38 bits per heavy atom. The van der Waals surface area contributed by atoms with Crippen LogP contribution in [0.5, 0.6) is 0 Å². The number of nitrogens with zero attached hydrogens (tertiary/aromatic N) is 2. The Balaban J connectivity index is 2.08. The van der Waals surface area contributed by atoms with Gasteiger partial charge in [0.25, 0.3) is 5.56 Å². The van der Waals surface area contributed by atoms with Gasteiger partial charge >= 0.3 is 6.18 Å². The largest absolute Gasteiger partial charge is 0.433 e. The fourth-order valence-electron chi connectivity index (χ4n) is 3.03. The van der Waals surface area contributed by atoms with Gasteiger partial charge in [-0.15, -0.1) is 0 Å². The van der Waals surface area contributed by atoms with E-state index in [1.165, 1.54) is 6.92 Å². The van der Waals surface area contributed by atoms with Gasteiger partial charge in [-0.2, -0.15) is 13.2 Å². The molecular weight excluding hydrogens is 371 g/mol. The van der Waals surface area contributed by atoms with Crippen molar-refractivity contribution in [2.75, 3.05) is 7.05 Å². The first-order valence-electron chi connectivity index (χ1n) is 8.41. The van der Waals surface area contributed by atoms with Crippen LogP contribution in [0.15, 0.2) is 10.9 Å². The van der Waals surface area contributed by atoms with E-state index >= 15 is 0 Å². The quantitative estimate of drug-likeness (QED) is 0.832. The van der Waals surface area contributed by atoms with Crippen LogP contribution in [0.4, 0.5) is 13.2 Å². The van der Waals surface area contributed by atoms with Gasteiger partial charge < -0.3 is 9.88 Å². The molecular formula is C16H22F3N3O3S. The van der Waals surface area contributed by atoms with Crippen LogP contribution in [-0.2, 0) is 27.5 Å². The van der Waals surface area contributed by atoms with Gasteiger partial charge in [-0.25, -0.2) is 4.98 Å². The minimum atomic E-state index is -4.77. The van der Waals surface area contributed by atoms with E-state index in [-0.39, 0.29) is 17.8 Å². The summed E-state index contributed by atoms with van der Waals surface area (Å²) < 4.78 is 50.6. The van der Waals surface area contributed by atoms with Crippen molar-refractivity contribution < 1.29 is 22.2 Å². The number of rotatable bonds is 5. The van der Waals surface area contributed by atoms with Gasteiger partial charge in [-0.3, -0.25) is 13.8 Å². The van der Waals surface area contributed by atoms with Gasteiger partial charge in [-0.05, 0) is 19.8 Å². The summed E-state index contributed by atoms with van der Waals surface area (Å²) in [5.41, 5.74) is -2.32. The molecule has 26 heavy (non-hydrogen) atoms. The normalized spacial score (nSPS) is 18.3. The van der Waals surface area contributed by atoms with E-state index in [0.29, 0.717) is 6.07 Å². The lowest BCUT2D eigenvalue weighted by molar-refractivity contribution is -0.141. The molecule has 1 aromatic rings. The molecule has 1 heterocycles. The van der Waals surface area contributed by atoms with Crippen LogP contribution in [-0.4, -0.2) is 43.3 Å². The zero-order chi connectivity index (χ0) is 19.5. The molecule has 146 valence electrons. The SMILES string of the molecule is C[C@H](C(=O)N(C)C1CCCCC1)[S@](=O)Cc1nc(C(F)(F)F)cc(=O)[nH]1. The zero-order valence-electron chi connectivity index (χ0n) is 14.6. The Morgan fingerprint density at radius 3 is 2.58 bits per heavy atom. The number of nitrogens with one attached hydrogen (secondary N) is 1. The fraction of sp³-hybridized carbons (Fsp3) is 0.688. The molecule has 2 atom stereocenters. The van der Waals surface area contributed by atoms with Crippen LogP contribution < -0.4 is 5.56 Å².